The number of nitrogens with zero attached hydrogens (tertiary/aromatic N) is 1. The lowest BCUT2D eigenvalue weighted by molar-refractivity contribution is -0.0688. The average Bonchev–Trinajstić information content (AvgIpc) is 2.78. The Morgan fingerprint density at radius 1 is 0.938 bits per heavy atom. The van der Waals surface area contributed by atoms with Crippen LogP contribution >= 0.6 is 0 Å². The fraction of sp³-hybridized carbons (Fsp3) is 0.500. The molecule has 0 spiro atoms. The molecule has 0 saturated heterocycles. The lowest BCUT2D eigenvalue weighted by Crippen LogP contribution is -2.55. The molecule has 1 unspecified atom stereocenters. The van der Waals surface area contributed by atoms with Crippen molar-refractivity contribution in [3.8, 4) is 0 Å². The summed E-state index contributed by atoms with van der Waals surface area (Å²) in [6.07, 6.45) is 7.87. The Hall–Kier alpha value is -2.34. The first-order chi connectivity index (χ1) is 15.3. The van der Waals surface area contributed by atoms with Gasteiger partial charge in [-0.25, -0.2) is 8.42 Å². The Kier molecular flexibility index (Phi) is 5.31. The molecule has 0 aliphatic heterocycles. The van der Waals surface area contributed by atoms with Crippen molar-refractivity contribution in [3.05, 3.63) is 60.2 Å². The number of amides is 1. The maximum atomic E-state index is 13.0. The van der Waals surface area contributed by atoms with Crippen LogP contribution in [0.15, 0.2) is 59.5 Å². The van der Waals surface area contributed by atoms with Crippen molar-refractivity contribution in [1.29, 1.82) is 0 Å². The molecule has 6 rings (SSSR count). The van der Waals surface area contributed by atoms with E-state index >= 15 is 0 Å². The summed E-state index contributed by atoms with van der Waals surface area (Å²) in [7, 11) is -2.15. The number of para-hydroxylation sites is 1. The second-order valence-electron chi connectivity index (χ2n) is 10.3. The van der Waals surface area contributed by atoms with Gasteiger partial charge in [-0.2, -0.15) is 0 Å². The van der Waals surface area contributed by atoms with Crippen molar-refractivity contribution < 1.29 is 13.2 Å². The minimum atomic E-state index is -3.69. The highest BCUT2D eigenvalue weighted by molar-refractivity contribution is 7.92. The van der Waals surface area contributed by atoms with Gasteiger partial charge in [-0.3, -0.25) is 9.10 Å². The maximum Gasteiger partial charge on any atom is 0.264 e. The zero-order valence-corrected chi connectivity index (χ0v) is 19.6. The summed E-state index contributed by atoms with van der Waals surface area (Å²) in [5.41, 5.74) is 1.34. The number of carbonyl (C=O) groups excluding carboxylic acids is 1. The Balaban J connectivity index is 1.28. The highest BCUT2D eigenvalue weighted by atomic mass is 32.2. The molecule has 1 amide bonds. The first kappa shape index (κ1) is 21.5. The van der Waals surface area contributed by atoms with Crippen molar-refractivity contribution in [3.63, 3.8) is 0 Å². The molecule has 2 aromatic rings. The summed E-state index contributed by atoms with van der Waals surface area (Å²) in [6, 6.07) is 15.4. The monoisotopic (exact) mass is 452 g/mol. The van der Waals surface area contributed by atoms with Gasteiger partial charge in [0.05, 0.1) is 10.6 Å². The zero-order chi connectivity index (χ0) is 22.5. The van der Waals surface area contributed by atoms with E-state index in [4.69, 9.17) is 0 Å². The van der Waals surface area contributed by atoms with Crippen LogP contribution < -0.4 is 9.62 Å². The number of rotatable bonds is 6. The number of nitrogens with one attached hydrogen (secondary N) is 1. The Morgan fingerprint density at radius 3 is 2.00 bits per heavy atom. The van der Waals surface area contributed by atoms with E-state index in [0.717, 1.165) is 17.8 Å². The maximum absolute atomic E-state index is 13.0. The van der Waals surface area contributed by atoms with E-state index in [9.17, 15) is 13.2 Å². The summed E-state index contributed by atoms with van der Waals surface area (Å²) in [5.74, 6) is 2.40. The van der Waals surface area contributed by atoms with Gasteiger partial charge in [-0.05, 0) is 105 Å². The summed E-state index contributed by atoms with van der Waals surface area (Å²) >= 11 is 0. The number of sulfonamides is 1. The lowest BCUT2D eigenvalue weighted by atomic mass is 9.48. The third-order valence-corrected chi connectivity index (χ3v) is 10.0. The molecule has 0 heterocycles. The molecule has 1 N–H and O–H groups in total. The van der Waals surface area contributed by atoms with E-state index in [-0.39, 0.29) is 22.3 Å². The van der Waals surface area contributed by atoms with Crippen LogP contribution in [0.3, 0.4) is 0 Å². The van der Waals surface area contributed by atoms with Gasteiger partial charge in [-0.15, -0.1) is 0 Å². The topological polar surface area (TPSA) is 66.5 Å². The number of hydrogen-bond donors (Lipinski definition) is 1. The molecule has 170 valence electrons. The molecule has 5 nitrogen and oxygen atoms in total. The number of hydrogen-bond acceptors (Lipinski definition) is 3. The molecule has 6 heteroatoms. The van der Waals surface area contributed by atoms with Crippen LogP contribution in [0.1, 0.15) is 55.8 Å². The van der Waals surface area contributed by atoms with Crippen molar-refractivity contribution in [2.24, 2.45) is 23.2 Å². The summed E-state index contributed by atoms with van der Waals surface area (Å²) in [5, 5.41) is 3.26. The minimum absolute atomic E-state index is 0.117. The molecule has 2 aromatic carbocycles. The molecule has 4 bridgehead atoms. The molecule has 0 radical (unpaired) electrons. The van der Waals surface area contributed by atoms with E-state index in [1.165, 1.54) is 55.0 Å². The average molecular weight is 453 g/mol. The van der Waals surface area contributed by atoms with E-state index in [1.807, 2.05) is 6.07 Å². The quantitative estimate of drug-likeness (QED) is 0.682. The molecular weight excluding hydrogens is 420 g/mol. The second kappa shape index (κ2) is 7.91. The number of carbonyl (C=O) groups is 1. The van der Waals surface area contributed by atoms with Crippen LogP contribution in [0.5, 0.6) is 0 Å². The van der Waals surface area contributed by atoms with Crippen molar-refractivity contribution in [2.75, 3.05) is 11.4 Å². The zero-order valence-electron chi connectivity index (χ0n) is 18.8. The normalized spacial score (nSPS) is 29.5. The number of anilines is 1. The van der Waals surface area contributed by atoms with E-state index in [1.54, 1.807) is 43.4 Å². The second-order valence-corrected chi connectivity index (χ2v) is 12.3. The Morgan fingerprint density at radius 2 is 1.47 bits per heavy atom. The molecular formula is C26H32N2O3S. The van der Waals surface area contributed by atoms with Gasteiger partial charge < -0.3 is 5.32 Å². The molecule has 4 aliphatic rings. The van der Waals surface area contributed by atoms with Crippen LogP contribution in [-0.2, 0) is 10.0 Å². The van der Waals surface area contributed by atoms with Crippen LogP contribution in [0.25, 0.3) is 0 Å². The van der Waals surface area contributed by atoms with Crippen LogP contribution in [0, 0.1) is 23.2 Å². The summed E-state index contributed by atoms with van der Waals surface area (Å²) < 4.78 is 27.2. The largest absolute Gasteiger partial charge is 0.349 e. The molecule has 32 heavy (non-hydrogen) atoms. The first-order valence-electron chi connectivity index (χ1n) is 11.7. The third kappa shape index (κ3) is 3.72. The first-order valence-corrected chi connectivity index (χ1v) is 13.2. The summed E-state index contributed by atoms with van der Waals surface area (Å²) in [4.78, 5) is 13.2. The fourth-order valence-electron chi connectivity index (χ4n) is 6.85. The standard InChI is InChI=1S/C26H32N2O3S/c1-18(26-15-19-12-20(16-26)14-21(13-19)17-26)27-25(29)22-8-10-24(11-9-22)32(30,31)28(2)23-6-4-3-5-7-23/h3-11,18-21H,12-17H2,1-2H3,(H,27,29). The van der Waals surface area contributed by atoms with Gasteiger partial charge in [0, 0.05) is 18.7 Å². The minimum Gasteiger partial charge on any atom is -0.349 e. The van der Waals surface area contributed by atoms with E-state index in [0.29, 0.717) is 11.3 Å². The van der Waals surface area contributed by atoms with Gasteiger partial charge in [0.15, 0.2) is 0 Å². The van der Waals surface area contributed by atoms with Gasteiger partial charge in [-0.1, -0.05) is 18.2 Å². The molecule has 0 aromatic heterocycles. The molecule has 4 fully saturated rings. The van der Waals surface area contributed by atoms with Crippen LogP contribution in [0.4, 0.5) is 5.69 Å². The van der Waals surface area contributed by atoms with Crippen molar-refractivity contribution >= 4 is 21.6 Å². The predicted molar refractivity (Wildman–Crippen MR) is 126 cm³/mol. The van der Waals surface area contributed by atoms with Gasteiger partial charge >= 0.3 is 0 Å². The Bertz CT molecular complexity index is 1060. The van der Waals surface area contributed by atoms with Crippen molar-refractivity contribution in [1.82, 2.24) is 5.32 Å². The van der Waals surface area contributed by atoms with E-state index in [2.05, 4.69) is 12.2 Å². The molecule has 4 aliphatic carbocycles. The van der Waals surface area contributed by atoms with Crippen LogP contribution in [-0.4, -0.2) is 27.4 Å². The fourth-order valence-corrected chi connectivity index (χ4v) is 8.05. The SMILES string of the molecule is CC(NC(=O)c1ccc(S(=O)(=O)N(C)c2ccccc2)cc1)C12CC3CC(CC(C3)C1)C2. The van der Waals surface area contributed by atoms with Crippen molar-refractivity contribution in [2.45, 2.75) is 56.4 Å². The van der Waals surface area contributed by atoms with Gasteiger partial charge in [0.1, 0.15) is 0 Å². The smallest absolute Gasteiger partial charge is 0.264 e. The Labute approximate surface area is 191 Å². The lowest BCUT2D eigenvalue weighted by Gasteiger charge is -2.59. The third-order valence-electron chi connectivity index (χ3n) is 8.25. The highest BCUT2D eigenvalue weighted by Gasteiger charge is 2.53. The van der Waals surface area contributed by atoms with E-state index < -0.39 is 10.0 Å². The molecule has 4 saturated carbocycles. The van der Waals surface area contributed by atoms with Gasteiger partial charge in [0.2, 0.25) is 0 Å². The highest BCUT2D eigenvalue weighted by Crippen LogP contribution is 2.61. The molecule has 1 atom stereocenters. The van der Waals surface area contributed by atoms with Gasteiger partial charge in [0.25, 0.3) is 15.9 Å². The predicted octanol–water partition coefficient (Wildman–Crippen LogP) is 4.85. The summed E-state index contributed by atoms with van der Waals surface area (Å²) in [6.45, 7) is 2.17. The van der Waals surface area contributed by atoms with Crippen LogP contribution in [0.2, 0.25) is 0 Å². The number of benzene rings is 2.